The van der Waals surface area contributed by atoms with Crippen molar-refractivity contribution in [2.75, 3.05) is 5.75 Å². The van der Waals surface area contributed by atoms with E-state index in [4.69, 9.17) is 0 Å². The fourth-order valence-electron chi connectivity index (χ4n) is 1.88. The molecule has 20 heavy (non-hydrogen) atoms. The van der Waals surface area contributed by atoms with Crippen LogP contribution in [0.15, 0.2) is 63.9 Å². The third-order valence-electron chi connectivity index (χ3n) is 3.00. The van der Waals surface area contributed by atoms with Gasteiger partial charge < -0.3 is 0 Å². The lowest BCUT2D eigenvalue weighted by Gasteiger charge is -2.07. The SMILES string of the molecule is CCS(=O)(=NC(=O)c1cccc(C)c1)c1ccccc1. The number of rotatable bonds is 3. The Balaban J connectivity index is 2.47. The monoisotopic (exact) mass is 287 g/mol. The van der Waals surface area contributed by atoms with Gasteiger partial charge in [-0.1, -0.05) is 42.8 Å². The molecule has 0 saturated heterocycles. The normalized spacial score (nSPS) is 13.5. The predicted molar refractivity (Wildman–Crippen MR) is 81.3 cm³/mol. The van der Waals surface area contributed by atoms with E-state index in [0.29, 0.717) is 16.2 Å². The molecule has 0 aliphatic heterocycles. The summed E-state index contributed by atoms with van der Waals surface area (Å²) in [6.45, 7) is 3.69. The number of carbonyl (C=O) groups is 1. The van der Waals surface area contributed by atoms with E-state index in [1.54, 1.807) is 49.4 Å². The smallest absolute Gasteiger partial charge is 0.266 e. The summed E-state index contributed by atoms with van der Waals surface area (Å²) in [4.78, 5) is 12.8. The first-order valence-corrected chi connectivity index (χ1v) is 8.14. The Kier molecular flexibility index (Phi) is 4.35. The van der Waals surface area contributed by atoms with Crippen LogP contribution in [0.5, 0.6) is 0 Å². The summed E-state index contributed by atoms with van der Waals surface area (Å²) in [6.07, 6.45) is 0. The van der Waals surface area contributed by atoms with Crippen LogP contribution in [0.3, 0.4) is 0 Å². The van der Waals surface area contributed by atoms with Crippen molar-refractivity contribution in [3.8, 4) is 0 Å². The second-order valence-electron chi connectivity index (χ2n) is 4.51. The molecule has 3 nitrogen and oxygen atoms in total. The molecular formula is C16H17NO2S. The molecule has 2 aromatic carbocycles. The van der Waals surface area contributed by atoms with Gasteiger partial charge in [-0.05, 0) is 31.2 Å². The van der Waals surface area contributed by atoms with Crippen LogP contribution in [0.4, 0.5) is 0 Å². The van der Waals surface area contributed by atoms with Gasteiger partial charge >= 0.3 is 0 Å². The van der Waals surface area contributed by atoms with Crippen molar-refractivity contribution >= 4 is 15.6 Å². The van der Waals surface area contributed by atoms with Gasteiger partial charge in [0.1, 0.15) is 0 Å². The van der Waals surface area contributed by atoms with Crippen LogP contribution in [0, 0.1) is 6.92 Å². The van der Waals surface area contributed by atoms with Crippen LogP contribution in [-0.4, -0.2) is 15.9 Å². The maximum atomic E-state index is 12.8. The van der Waals surface area contributed by atoms with Crippen LogP contribution in [0.1, 0.15) is 22.8 Å². The molecule has 104 valence electrons. The molecule has 0 saturated carbocycles. The Morgan fingerprint density at radius 3 is 2.40 bits per heavy atom. The summed E-state index contributed by atoms with van der Waals surface area (Å²) < 4.78 is 16.8. The van der Waals surface area contributed by atoms with Gasteiger partial charge in [0.2, 0.25) is 0 Å². The average Bonchev–Trinajstić information content (AvgIpc) is 2.48. The number of benzene rings is 2. The van der Waals surface area contributed by atoms with Gasteiger partial charge in [0.15, 0.2) is 0 Å². The molecule has 2 aromatic rings. The summed E-state index contributed by atoms with van der Waals surface area (Å²) in [5.41, 5.74) is 1.45. The van der Waals surface area contributed by atoms with Gasteiger partial charge in [0.05, 0.1) is 9.73 Å². The molecule has 0 bridgehead atoms. The number of carbonyl (C=O) groups excluding carboxylic acids is 1. The van der Waals surface area contributed by atoms with Gasteiger partial charge in [-0.3, -0.25) is 4.79 Å². The number of amides is 1. The van der Waals surface area contributed by atoms with Crippen molar-refractivity contribution in [2.24, 2.45) is 4.36 Å². The van der Waals surface area contributed by atoms with Crippen molar-refractivity contribution in [3.63, 3.8) is 0 Å². The van der Waals surface area contributed by atoms with Gasteiger partial charge in [-0.15, -0.1) is 0 Å². The van der Waals surface area contributed by atoms with Crippen LogP contribution >= 0.6 is 0 Å². The van der Waals surface area contributed by atoms with Crippen LogP contribution < -0.4 is 0 Å². The Hall–Kier alpha value is -1.94. The quantitative estimate of drug-likeness (QED) is 0.864. The minimum absolute atomic E-state index is 0.314. The molecule has 0 aliphatic rings. The van der Waals surface area contributed by atoms with Gasteiger partial charge in [0, 0.05) is 16.2 Å². The lowest BCUT2D eigenvalue weighted by molar-refractivity contribution is 0.100. The van der Waals surface area contributed by atoms with E-state index in [9.17, 15) is 9.00 Å². The molecule has 1 unspecified atom stereocenters. The van der Waals surface area contributed by atoms with Crippen LogP contribution in [0.25, 0.3) is 0 Å². The highest BCUT2D eigenvalue weighted by Gasteiger charge is 2.13. The second kappa shape index (κ2) is 6.01. The topological polar surface area (TPSA) is 46.5 Å². The molecule has 1 atom stereocenters. The highest BCUT2D eigenvalue weighted by Crippen LogP contribution is 2.15. The first-order chi connectivity index (χ1) is 9.55. The first kappa shape index (κ1) is 14.5. The largest absolute Gasteiger partial charge is 0.285 e. The standard InChI is InChI=1S/C16H17NO2S/c1-3-20(19,15-10-5-4-6-11-15)17-16(18)14-9-7-8-13(2)12-14/h4-12H,3H2,1-2H3. The second-order valence-corrected chi connectivity index (χ2v) is 7.02. The van der Waals surface area contributed by atoms with Crippen molar-refractivity contribution < 1.29 is 9.00 Å². The molecule has 0 aromatic heterocycles. The zero-order valence-electron chi connectivity index (χ0n) is 11.6. The number of aryl methyl sites for hydroxylation is 1. The van der Waals surface area contributed by atoms with Crippen molar-refractivity contribution in [3.05, 3.63) is 65.7 Å². The van der Waals surface area contributed by atoms with Crippen LogP contribution in [0.2, 0.25) is 0 Å². The third-order valence-corrected chi connectivity index (χ3v) is 5.25. The molecule has 0 heterocycles. The Morgan fingerprint density at radius 1 is 1.10 bits per heavy atom. The summed E-state index contributed by atoms with van der Waals surface area (Å²) in [5.74, 6) is -0.112. The lowest BCUT2D eigenvalue weighted by Crippen LogP contribution is -2.08. The molecule has 4 heteroatoms. The van der Waals surface area contributed by atoms with Crippen molar-refractivity contribution in [2.45, 2.75) is 18.7 Å². The summed E-state index contributed by atoms with van der Waals surface area (Å²) in [6, 6.07) is 16.1. The van der Waals surface area contributed by atoms with E-state index in [1.807, 2.05) is 19.1 Å². The van der Waals surface area contributed by atoms with Gasteiger partial charge in [0.25, 0.3) is 5.91 Å². The maximum absolute atomic E-state index is 12.8. The third kappa shape index (κ3) is 3.14. The summed E-state index contributed by atoms with van der Waals surface area (Å²) >= 11 is 0. The minimum Gasteiger partial charge on any atom is -0.266 e. The molecule has 0 fully saturated rings. The van der Waals surface area contributed by atoms with Gasteiger partial charge in [-0.2, -0.15) is 4.36 Å². The Bertz CT molecular complexity index is 729. The lowest BCUT2D eigenvalue weighted by atomic mass is 10.1. The highest BCUT2D eigenvalue weighted by molar-refractivity contribution is 7.94. The molecule has 0 N–H and O–H groups in total. The zero-order valence-corrected chi connectivity index (χ0v) is 12.4. The molecule has 2 rings (SSSR count). The fraction of sp³-hybridized carbons (Fsp3) is 0.188. The van der Waals surface area contributed by atoms with Gasteiger partial charge in [-0.25, -0.2) is 4.21 Å². The fourth-order valence-corrected chi connectivity index (χ4v) is 3.41. The number of hydrogen-bond donors (Lipinski definition) is 0. The van der Waals surface area contributed by atoms with Crippen molar-refractivity contribution in [1.82, 2.24) is 0 Å². The van der Waals surface area contributed by atoms with E-state index in [0.717, 1.165) is 5.56 Å². The maximum Gasteiger partial charge on any atom is 0.285 e. The Labute approximate surface area is 119 Å². The molecule has 0 radical (unpaired) electrons. The first-order valence-electron chi connectivity index (χ1n) is 6.46. The zero-order chi connectivity index (χ0) is 14.6. The minimum atomic E-state index is -2.69. The molecule has 0 aliphatic carbocycles. The predicted octanol–water partition coefficient (Wildman–Crippen LogP) is 3.68. The van der Waals surface area contributed by atoms with E-state index in [-0.39, 0.29) is 0 Å². The Morgan fingerprint density at radius 2 is 1.80 bits per heavy atom. The van der Waals surface area contributed by atoms with Crippen LogP contribution in [-0.2, 0) is 9.73 Å². The van der Waals surface area contributed by atoms with E-state index in [2.05, 4.69) is 4.36 Å². The summed E-state index contributed by atoms with van der Waals surface area (Å²) in [7, 11) is -2.69. The average molecular weight is 287 g/mol. The highest BCUT2D eigenvalue weighted by atomic mass is 32.2. The van der Waals surface area contributed by atoms with E-state index in [1.165, 1.54) is 0 Å². The summed E-state index contributed by atoms with van der Waals surface area (Å²) in [5, 5.41) is 0. The molecule has 0 spiro atoms. The molecule has 1 amide bonds. The number of nitrogens with zero attached hydrogens (tertiary/aromatic N) is 1. The van der Waals surface area contributed by atoms with E-state index < -0.39 is 15.6 Å². The molecular weight excluding hydrogens is 270 g/mol. The van der Waals surface area contributed by atoms with E-state index >= 15 is 0 Å². The number of hydrogen-bond acceptors (Lipinski definition) is 2. The van der Waals surface area contributed by atoms with Crippen molar-refractivity contribution in [1.29, 1.82) is 0 Å².